The highest BCUT2D eigenvalue weighted by Gasteiger charge is 2.31. The number of hydrogen-bond acceptors (Lipinski definition) is 3. The summed E-state index contributed by atoms with van der Waals surface area (Å²) in [5, 5.41) is 3.06. The normalized spacial score (nSPS) is 23.4. The zero-order chi connectivity index (χ0) is 13.9. The maximum atomic E-state index is 12.1. The Bertz CT molecular complexity index is 423. The lowest BCUT2D eigenvalue weighted by Crippen LogP contribution is -2.20. The smallest absolute Gasteiger partial charge is 0.406 e. The topological polar surface area (TPSA) is 30.5 Å². The lowest BCUT2D eigenvalue weighted by molar-refractivity contribution is -0.274. The van der Waals surface area contributed by atoms with Gasteiger partial charge in [0, 0.05) is 18.3 Å². The molecular formula is C13H16F3NO2. The molecule has 106 valence electrons. The molecule has 1 N–H and O–H groups in total. The summed E-state index contributed by atoms with van der Waals surface area (Å²) in [6, 6.07) is 5.81. The van der Waals surface area contributed by atoms with Gasteiger partial charge in [-0.1, -0.05) is 6.07 Å². The minimum atomic E-state index is -4.66. The van der Waals surface area contributed by atoms with Crippen LogP contribution >= 0.6 is 0 Å². The monoisotopic (exact) mass is 275 g/mol. The molecule has 0 radical (unpaired) electrons. The number of ether oxygens (including phenoxy) is 2. The van der Waals surface area contributed by atoms with E-state index in [1.165, 1.54) is 18.2 Å². The quantitative estimate of drug-likeness (QED) is 0.911. The molecule has 1 aromatic carbocycles. The third-order valence-corrected chi connectivity index (χ3v) is 2.92. The Labute approximate surface area is 109 Å². The van der Waals surface area contributed by atoms with Gasteiger partial charge in [-0.3, -0.25) is 0 Å². The van der Waals surface area contributed by atoms with Crippen molar-refractivity contribution in [1.29, 1.82) is 0 Å². The van der Waals surface area contributed by atoms with E-state index in [0.717, 1.165) is 12.8 Å². The van der Waals surface area contributed by atoms with Crippen molar-refractivity contribution in [1.82, 2.24) is 0 Å². The highest BCUT2D eigenvalue weighted by molar-refractivity contribution is 5.48. The predicted molar refractivity (Wildman–Crippen MR) is 65.2 cm³/mol. The molecule has 1 saturated heterocycles. The summed E-state index contributed by atoms with van der Waals surface area (Å²) in [6.45, 7) is 2.59. The average Bonchev–Trinajstić information content (AvgIpc) is 2.71. The zero-order valence-electron chi connectivity index (χ0n) is 10.5. The summed E-state index contributed by atoms with van der Waals surface area (Å²) in [7, 11) is 0. The summed E-state index contributed by atoms with van der Waals surface area (Å²) in [6.07, 6.45) is -2.31. The molecule has 1 aliphatic heterocycles. The van der Waals surface area contributed by atoms with Crippen LogP contribution in [-0.4, -0.2) is 25.1 Å². The van der Waals surface area contributed by atoms with Gasteiger partial charge in [-0.15, -0.1) is 13.2 Å². The molecule has 6 heteroatoms. The van der Waals surface area contributed by atoms with Crippen molar-refractivity contribution in [2.24, 2.45) is 0 Å². The Morgan fingerprint density at radius 2 is 2.16 bits per heavy atom. The minimum Gasteiger partial charge on any atom is -0.406 e. The number of rotatable bonds is 4. The Balaban J connectivity index is 1.88. The van der Waals surface area contributed by atoms with E-state index in [-0.39, 0.29) is 18.0 Å². The van der Waals surface area contributed by atoms with Crippen LogP contribution < -0.4 is 10.1 Å². The molecule has 0 spiro atoms. The third kappa shape index (κ3) is 4.63. The van der Waals surface area contributed by atoms with Crippen LogP contribution in [0.2, 0.25) is 0 Å². The predicted octanol–water partition coefficient (Wildman–Crippen LogP) is 3.56. The van der Waals surface area contributed by atoms with Crippen LogP contribution in [0.15, 0.2) is 24.3 Å². The van der Waals surface area contributed by atoms with Crippen LogP contribution in [0.25, 0.3) is 0 Å². The van der Waals surface area contributed by atoms with E-state index < -0.39 is 6.36 Å². The fourth-order valence-corrected chi connectivity index (χ4v) is 2.07. The van der Waals surface area contributed by atoms with Crippen molar-refractivity contribution in [2.45, 2.75) is 38.3 Å². The van der Waals surface area contributed by atoms with Gasteiger partial charge in [-0.05, 0) is 31.9 Å². The van der Waals surface area contributed by atoms with Crippen molar-refractivity contribution >= 4 is 5.69 Å². The van der Waals surface area contributed by atoms with Crippen molar-refractivity contribution in [3.8, 4) is 5.75 Å². The molecule has 0 bridgehead atoms. The summed E-state index contributed by atoms with van der Waals surface area (Å²) in [5.74, 6) is -0.224. The molecule has 0 saturated carbocycles. The van der Waals surface area contributed by atoms with E-state index in [0.29, 0.717) is 12.2 Å². The van der Waals surface area contributed by atoms with E-state index in [1.54, 1.807) is 6.07 Å². The molecular weight excluding hydrogens is 259 g/mol. The van der Waals surface area contributed by atoms with Gasteiger partial charge < -0.3 is 14.8 Å². The maximum absolute atomic E-state index is 12.1. The van der Waals surface area contributed by atoms with E-state index in [2.05, 4.69) is 10.1 Å². The molecule has 1 heterocycles. The SMILES string of the molecule is CC1CCC(CNc2cccc(OC(F)(F)F)c2)O1. The molecule has 2 unspecified atom stereocenters. The van der Waals surface area contributed by atoms with Crippen molar-refractivity contribution in [3.05, 3.63) is 24.3 Å². The van der Waals surface area contributed by atoms with Gasteiger partial charge in [-0.2, -0.15) is 0 Å². The second-order valence-electron chi connectivity index (χ2n) is 4.60. The lowest BCUT2D eigenvalue weighted by atomic mass is 10.2. The highest BCUT2D eigenvalue weighted by Crippen LogP contribution is 2.25. The van der Waals surface area contributed by atoms with Gasteiger partial charge in [-0.25, -0.2) is 0 Å². The highest BCUT2D eigenvalue weighted by atomic mass is 19.4. The van der Waals surface area contributed by atoms with Gasteiger partial charge in [0.15, 0.2) is 0 Å². The molecule has 2 atom stereocenters. The minimum absolute atomic E-state index is 0.113. The Morgan fingerprint density at radius 3 is 2.79 bits per heavy atom. The molecule has 19 heavy (non-hydrogen) atoms. The number of nitrogens with one attached hydrogen (secondary N) is 1. The van der Waals surface area contributed by atoms with Gasteiger partial charge >= 0.3 is 6.36 Å². The van der Waals surface area contributed by atoms with Crippen LogP contribution in [0.4, 0.5) is 18.9 Å². The van der Waals surface area contributed by atoms with E-state index >= 15 is 0 Å². The number of anilines is 1. The average molecular weight is 275 g/mol. The van der Waals surface area contributed by atoms with Crippen molar-refractivity contribution in [2.75, 3.05) is 11.9 Å². The van der Waals surface area contributed by atoms with Crippen LogP contribution in [0.1, 0.15) is 19.8 Å². The molecule has 0 amide bonds. The fourth-order valence-electron chi connectivity index (χ4n) is 2.07. The molecule has 2 rings (SSSR count). The largest absolute Gasteiger partial charge is 0.573 e. The summed E-state index contributed by atoms with van der Waals surface area (Å²) >= 11 is 0. The number of alkyl halides is 3. The molecule has 0 aromatic heterocycles. The first-order chi connectivity index (χ1) is 8.92. The van der Waals surface area contributed by atoms with Crippen molar-refractivity contribution < 1.29 is 22.6 Å². The molecule has 1 aliphatic rings. The molecule has 3 nitrogen and oxygen atoms in total. The second-order valence-corrected chi connectivity index (χ2v) is 4.60. The molecule has 1 aromatic rings. The fraction of sp³-hybridized carbons (Fsp3) is 0.538. The molecule has 1 fully saturated rings. The summed E-state index contributed by atoms with van der Waals surface area (Å²) in [4.78, 5) is 0. The van der Waals surface area contributed by atoms with Crippen LogP contribution in [0, 0.1) is 0 Å². The van der Waals surface area contributed by atoms with E-state index in [4.69, 9.17) is 4.74 Å². The summed E-state index contributed by atoms with van der Waals surface area (Å²) < 4.78 is 45.7. The van der Waals surface area contributed by atoms with Gasteiger partial charge in [0.2, 0.25) is 0 Å². The van der Waals surface area contributed by atoms with E-state index in [1.807, 2.05) is 6.92 Å². The van der Waals surface area contributed by atoms with E-state index in [9.17, 15) is 13.2 Å². The number of halogens is 3. The standard InChI is InChI=1S/C13H16F3NO2/c1-9-5-6-12(18-9)8-17-10-3-2-4-11(7-10)19-13(14,15)16/h2-4,7,9,12,17H,5-6,8H2,1H3. The van der Waals surface area contributed by atoms with Gasteiger partial charge in [0.1, 0.15) is 5.75 Å². The first-order valence-corrected chi connectivity index (χ1v) is 6.17. The van der Waals surface area contributed by atoms with Crippen LogP contribution in [-0.2, 0) is 4.74 Å². The van der Waals surface area contributed by atoms with Crippen LogP contribution in [0.5, 0.6) is 5.75 Å². The first kappa shape index (κ1) is 14.0. The lowest BCUT2D eigenvalue weighted by Gasteiger charge is -2.14. The molecule has 0 aliphatic carbocycles. The van der Waals surface area contributed by atoms with Gasteiger partial charge in [0.05, 0.1) is 12.2 Å². The third-order valence-electron chi connectivity index (χ3n) is 2.92. The number of hydrogen-bond donors (Lipinski definition) is 1. The Kier molecular flexibility index (Phi) is 4.19. The van der Waals surface area contributed by atoms with Crippen LogP contribution in [0.3, 0.4) is 0 Å². The zero-order valence-corrected chi connectivity index (χ0v) is 10.5. The summed E-state index contributed by atoms with van der Waals surface area (Å²) in [5.41, 5.74) is 0.588. The second kappa shape index (κ2) is 5.69. The Hall–Kier alpha value is -1.43. The van der Waals surface area contributed by atoms with Crippen molar-refractivity contribution in [3.63, 3.8) is 0 Å². The Morgan fingerprint density at radius 1 is 1.37 bits per heavy atom. The first-order valence-electron chi connectivity index (χ1n) is 6.17. The van der Waals surface area contributed by atoms with Gasteiger partial charge in [0.25, 0.3) is 0 Å². The number of benzene rings is 1. The maximum Gasteiger partial charge on any atom is 0.573 e.